The molecule has 4 aliphatic carbocycles. The summed E-state index contributed by atoms with van der Waals surface area (Å²) in [5.41, 5.74) is 0. The molecule has 2 bridgehead atoms. The topological polar surface area (TPSA) is 86.5 Å². The number of carbonyl (C=O) groups is 1. The first-order chi connectivity index (χ1) is 15.7. The summed E-state index contributed by atoms with van der Waals surface area (Å²) in [4.78, 5) is 12.4. The minimum absolute atomic E-state index is 0.00932. The molecule has 0 spiro atoms. The molecule has 6 rings (SSSR count). The number of fused-ring (bicyclic) bond motifs is 2. The lowest BCUT2D eigenvalue weighted by atomic mass is 9.57. The molecule has 7 nitrogen and oxygen atoms in total. The number of ether oxygens (including phenoxy) is 2. The molecule has 1 aromatic carbocycles. The summed E-state index contributed by atoms with van der Waals surface area (Å²) in [5, 5.41) is 11.9. The number of nitrogens with one attached hydrogen (secondary N) is 1. The Bertz CT molecular complexity index is 988. The highest BCUT2D eigenvalue weighted by Crippen LogP contribution is 2.53. The number of alkyl halides is 3. The van der Waals surface area contributed by atoms with Gasteiger partial charge in [-0.2, -0.15) is 0 Å². The third-order valence-corrected chi connectivity index (χ3v) is 7.16. The maximum absolute atomic E-state index is 12.4. The highest BCUT2D eigenvalue weighted by molar-refractivity contribution is 6.30. The lowest BCUT2D eigenvalue weighted by Gasteiger charge is -2.50. The molecular formula is C22H23ClF3N3O4. The predicted octanol–water partition coefficient (Wildman–Crippen LogP) is 4.58. The molecule has 4 saturated carbocycles. The number of carbonyl (C=O) groups excluding carboxylic acids is 1. The van der Waals surface area contributed by atoms with Crippen LogP contribution in [0.4, 0.5) is 13.2 Å². The Kier molecular flexibility index (Phi) is 5.98. The van der Waals surface area contributed by atoms with Crippen LogP contribution in [0.1, 0.15) is 55.7 Å². The van der Waals surface area contributed by atoms with E-state index < -0.39 is 12.5 Å². The Balaban J connectivity index is 1.13. The van der Waals surface area contributed by atoms with E-state index in [1.54, 1.807) is 24.3 Å². The molecule has 11 heteroatoms. The summed E-state index contributed by atoms with van der Waals surface area (Å²) in [6.45, 7) is -0.0908. The summed E-state index contributed by atoms with van der Waals surface area (Å²) in [7, 11) is 0. The van der Waals surface area contributed by atoms with Gasteiger partial charge in [-0.1, -0.05) is 11.6 Å². The van der Waals surface area contributed by atoms with E-state index in [1.807, 2.05) is 0 Å². The van der Waals surface area contributed by atoms with Crippen molar-refractivity contribution in [2.75, 3.05) is 6.61 Å². The summed E-state index contributed by atoms with van der Waals surface area (Å²) >= 11 is 5.85. The van der Waals surface area contributed by atoms with Crippen LogP contribution in [-0.2, 0) is 9.53 Å². The Labute approximate surface area is 193 Å². The molecular weight excluding hydrogens is 463 g/mol. The molecule has 1 heterocycles. The van der Waals surface area contributed by atoms with Gasteiger partial charge < -0.3 is 14.5 Å². The number of benzene rings is 1. The van der Waals surface area contributed by atoms with Crippen LogP contribution in [0.5, 0.6) is 5.75 Å². The molecule has 1 N–H and O–H groups in total. The van der Waals surface area contributed by atoms with Crippen molar-refractivity contribution >= 4 is 17.5 Å². The average molecular weight is 486 g/mol. The first-order valence-electron chi connectivity index (χ1n) is 11.0. The number of amides is 1. The van der Waals surface area contributed by atoms with E-state index in [9.17, 15) is 18.0 Å². The van der Waals surface area contributed by atoms with E-state index in [0.717, 1.165) is 12.8 Å². The fourth-order valence-electron chi connectivity index (χ4n) is 5.05. The molecule has 2 aromatic rings. The van der Waals surface area contributed by atoms with Gasteiger partial charge in [-0.25, -0.2) is 0 Å². The van der Waals surface area contributed by atoms with Gasteiger partial charge in [0.05, 0.1) is 6.10 Å². The van der Waals surface area contributed by atoms with Crippen molar-refractivity contribution in [3.05, 3.63) is 41.1 Å². The minimum Gasteiger partial charge on any atom is -0.484 e. The van der Waals surface area contributed by atoms with Gasteiger partial charge in [0.25, 0.3) is 5.91 Å². The van der Waals surface area contributed by atoms with E-state index in [1.165, 1.54) is 0 Å². The monoisotopic (exact) mass is 485 g/mol. The molecule has 2 atom stereocenters. The standard InChI is InChI=1S/C22H23ClF3N3O4/c23-14-1-3-15(4-2-14)31-10-19(30)27-18-9-17(11-5-12(18)6-11)21-29-28-20(32-21)13-7-16(8-13)33-22(24,25)26/h1-4,11-13,16-18H,5-10H2,(H,27,30)/t11?,12?,13?,16?,17-,18?/m0/s1. The lowest BCUT2D eigenvalue weighted by Crippen LogP contribution is -2.53. The fourth-order valence-corrected chi connectivity index (χ4v) is 5.17. The Hall–Kier alpha value is -2.33. The molecule has 4 aliphatic rings. The second kappa shape index (κ2) is 8.79. The zero-order valence-corrected chi connectivity index (χ0v) is 18.3. The summed E-state index contributed by atoms with van der Waals surface area (Å²) in [6.07, 6.45) is -2.44. The van der Waals surface area contributed by atoms with E-state index in [2.05, 4.69) is 20.3 Å². The van der Waals surface area contributed by atoms with Crippen LogP contribution in [0.15, 0.2) is 28.7 Å². The quantitative estimate of drug-likeness (QED) is 0.617. The second-order valence-electron chi connectivity index (χ2n) is 9.08. The zero-order valence-electron chi connectivity index (χ0n) is 17.6. The maximum Gasteiger partial charge on any atom is 0.522 e. The average Bonchev–Trinajstić information content (AvgIpc) is 3.18. The number of aromatic nitrogens is 2. The van der Waals surface area contributed by atoms with Crippen LogP contribution in [-0.4, -0.2) is 41.2 Å². The van der Waals surface area contributed by atoms with Crippen LogP contribution >= 0.6 is 11.6 Å². The largest absolute Gasteiger partial charge is 0.522 e. The zero-order chi connectivity index (χ0) is 23.2. The third-order valence-electron chi connectivity index (χ3n) is 6.90. The Morgan fingerprint density at radius 2 is 1.76 bits per heavy atom. The summed E-state index contributed by atoms with van der Waals surface area (Å²) in [5.74, 6) is 1.89. The van der Waals surface area contributed by atoms with Gasteiger partial charge in [-0.15, -0.1) is 23.4 Å². The van der Waals surface area contributed by atoms with Crippen molar-refractivity contribution in [1.82, 2.24) is 15.5 Å². The first-order valence-corrected chi connectivity index (χ1v) is 11.4. The second-order valence-corrected chi connectivity index (χ2v) is 9.52. The van der Waals surface area contributed by atoms with Gasteiger partial charge in [-0.3, -0.25) is 9.53 Å². The van der Waals surface area contributed by atoms with E-state index in [4.69, 9.17) is 20.8 Å². The fraction of sp³-hybridized carbons (Fsp3) is 0.591. The van der Waals surface area contributed by atoms with Gasteiger partial charge in [-0.05, 0) is 68.2 Å². The lowest BCUT2D eigenvalue weighted by molar-refractivity contribution is -0.352. The van der Waals surface area contributed by atoms with Crippen LogP contribution in [0, 0.1) is 11.8 Å². The number of hydrogen-bond acceptors (Lipinski definition) is 6. The van der Waals surface area contributed by atoms with Gasteiger partial charge in [0.15, 0.2) is 6.61 Å². The molecule has 0 saturated heterocycles. The van der Waals surface area contributed by atoms with Crippen molar-refractivity contribution in [2.45, 2.75) is 62.4 Å². The van der Waals surface area contributed by atoms with E-state index in [-0.39, 0.29) is 43.2 Å². The third kappa shape index (κ3) is 5.11. The molecule has 1 aromatic heterocycles. The maximum atomic E-state index is 12.4. The van der Waals surface area contributed by atoms with E-state index in [0.29, 0.717) is 40.8 Å². The molecule has 178 valence electrons. The first kappa shape index (κ1) is 22.5. The Morgan fingerprint density at radius 3 is 2.45 bits per heavy atom. The van der Waals surface area contributed by atoms with Gasteiger partial charge in [0.1, 0.15) is 5.75 Å². The Morgan fingerprint density at radius 1 is 1.06 bits per heavy atom. The van der Waals surface area contributed by atoms with Gasteiger partial charge in [0.2, 0.25) is 11.8 Å². The number of halogens is 4. The molecule has 1 unspecified atom stereocenters. The number of nitrogens with zero attached hydrogens (tertiary/aromatic N) is 2. The molecule has 0 radical (unpaired) electrons. The highest BCUT2D eigenvalue weighted by Gasteiger charge is 2.49. The van der Waals surface area contributed by atoms with Gasteiger partial charge in [0, 0.05) is 22.9 Å². The normalized spacial score (nSPS) is 30.8. The summed E-state index contributed by atoms with van der Waals surface area (Å²) < 4.78 is 52.3. The molecule has 33 heavy (non-hydrogen) atoms. The van der Waals surface area contributed by atoms with Crippen LogP contribution in [0.3, 0.4) is 0 Å². The van der Waals surface area contributed by atoms with Crippen LogP contribution < -0.4 is 10.1 Å². The van der Waals surface area contributed by atoms with Crippen molar-refractivity contribution in [1.29, 1.82) is 0 Å². The number of hydrogen-bond donors (Lipinski definition) is 1. The molecule has 1 amide bonds. The summed E-state index contributed by atoms with van der Waals surface area (Å²) in [6, 6.07) is 6.79. The molecule has 4 fully saturated rings. The van der Waals surface area contributed by atoms with Gasteiger partial charge >= 0.3 is 6.36 Å². The predicted molar refractivity (Wildman–Crippen MR) is 110 cm³/mol. The van der Waals surface area contributed by atoms with Crippen molar-refractivity contribution in [3.8, 4) is 5.75 Å². The van der Waals surface area contributed by atoms with Crippen LogP contribution in [0.2, 0.25) is 5.02 Å². The number of rotatable bonds is 7. The minimum atomic E-state index is -4.63. The van der Waals surface area contributed by atoms with Crippen molar-refractivity contribution in [3.63, 3.8) is 0 Å². The smallest absolute Gasteiger partial charge is 0.484 e. The van der Waals surface area contributed by atoms with E-state index >= 15 is 0 Å². The van der Waals surface area contributed by atoms with Crippen LogP contribution in [0.25, 0.3) is 0 Å². The van der Waals surface area contributed by atoms with Crippen molar-refractivity contribution < 1.29 is 31.9 Å². The van der Waals surface area contributed by atoms with Crippen molar-refractivity contribution in [2.24, 2.45) is 11.8 Å². The molecule has 0 aliphatic heterocycles. The SMILES string of the molecule is O=C(COc1ccc(Cl)cc1)NC1C[C@H](c2nnc(C3CC(OC(F)(F)F)C3)o2)C2CC1C2. The highest BCUT2D eigenvalue weighted by atomic mass is 35.5.